The van der Waals surface area contributed by atoms with Crippen LogP contribution in [0.5, 0.6) is 0 Å². The molecule has 0 heterocycles. The number of nitrogens with zero attached hydrogens (tertiary/aromatic N) is 2. The zero-order chi connectivity index (χ0) is 18.2. The van der Waals surface area contributed by atoms with E-state index in [1.165, 1.54) is 0 Å². The molecule has 0 radical (unpaired) electrons. The molecule has 0 bridgehead atoms. The van der Waals surface area contributed by atoms with Crippen molar-refractivity contribution in [3.05, 3.63) is 0 Å². The smallest absolute Gasteiger partial charge is 0.178 e. The monoisotopic (exact) mass is 392 g/mol. The van der Waals surface area contributed by atoms with Crippen molar-refractivity contribution in [3.63, 3.8) is 0 Å². The SMILES string of the molecule is FC(F)(F)[SiH3].FN(F)C(F)(F)N(F)F.FP(F)C(F)(F)F. The molecule has 2 nitrogen and oxygen atoms in total. The Morgan fingerprint density at radius 1 is 0.667 bits per heavy atom. The Bertz CT molecular complexity index is 244. The molecule has 0 fully saturated rings. The first-order valence-corrected chi connectivity index (χ1v) is 5.82. The Morgan fingerprint density at radius 3 is 0.810 bits per heavy atom. The van der Waals surface area contributed by atoms with Crippen LogP contribution < -0.4 is 0 Å². The third-order valence-electron chi connectivity index (χ3n) is 0.598. The van der Waals surface area contributed by atoms with Gasteiger partial charge in [0, 0.05) is 0 Å². The van der Waals surface area contributed by atoms with Gasteiger partial charge in [0.05, 0.1) is 0 Å². The van der Waals surface area contributed by atoms with E-state index in [1.54, 1.807) is 0 Å². The van der Waals surface area contributed by atoms with Crippen molar-refractivity contribution >= 4 is 18.8 Å². The lowest BCUT2D eigenvalue weighted by atomic mass is 11.0. The molecule has 0 aliphatic heterocycles. The van der Waals surface area contributed by atoms with E-state index >= 15 is 0 Å². The lowest BCUT2D eigenvalue weighted by Crippen LogP contribution is -2.39. The van der Waals surface area contributed by atoms with E-state index in [0.29, 0.717) is 0 Å². The van der Waals surface area contributed by atoms with Crippen molar-refractivity contribution < 1.29 is 61.4 Å². The molecule has 0 saturated heterocycles. The van der Waals surface area contributed by atoms with Crippen molar-refractivity contribution in [1.82, 2.24) is 10.7 Å². The number of hydrogen-bond acceptors (Lipinski definition) is 2. The normalized spacial score (nSPS) is 13.0. The summed E-state index contributed by atoms with van der Waals surface area (Å²) in [6.07, 6.45) is -5.50. The summed E-state index contributed by atoms with van der Waals surface area (Å²) >= 11 is 0. The van der Waals surface area contributed by atoms with Gasteiger partial charge in [-0.1, -0.05) is 17.9 Å². The van der Waals surface area contributed by atoms with Gasteiger partial charge in [0.25, 0.3) is 0 Å². The third-order valence-corrected chi connectivity index (χ3v) is 0.982. The molecule has 0 N–H and O–H groups in total. The fraction of sp³-hybridized carbons (Fsp3) is 1.00. The molecule has 0 aromatic heterocycles. The molecule has 0 saturated carbocycles. The average Bonchev–Trinajstić information content (AvgIpc) is 2.13. The van der Waals surface area contributed by atoms with E-state index in [0.717, 1.165) is 0 Å². The summed E-state index contributed by atoms with van der Waals surface area (Å²) in [5.74, 6) is -9.13. The number of hydrogen-bond donors (Lipinski definition) is 0. The summed E-state index contributed by atoms with van der Waals surface area (Å²) in [5.41, 5.74) is 0. The first-order chi connectivity index (χ1) is 8.83. The van der Waals surface area contributed by atoms with Crippen LogP contribution in [0.1, 0.15) is 0 Å². The van der Waals surface area contributed by atoms with Gasteiger partial charge in [-0.25, -0.2) is 0 Å². The van der Waals surface area contributed by atoms with Crippen molar-refractivity contribution in [1.29, 1.82) is 0 Å². The maximum Gasteiger partial charge on any atom is 0.476 e. The highest BCUT2D eigenvalue weighted by atomic mass is 31.2. The van der Waals surface area contributed by atoms with Gasteiger partial charge in [0.15, 0.2) is 0 Å². The maximum absolute atomic E-state index is 11.0. The molecule has 0 aliphatic rings. The van der Waals surface area contributed by atoms with Gasteiger partial charge in [0.2, 0.25) is 0 Å². The fourth-order valence-corrected chi connectivity index (χ4v) is 0.0571. The lowest BCUT2D eigenvalue weighted by Gasteiger charge is -2.13. The highest BCUT2D eigenvalue weighted by Crippen LogP contribution is 2.55. The zero-order valence-electron chi connectivity index (χ0n) is 9.13. The van der Waals surface area contributed by atoms with Crippen molar-refractivity contribution in [2.75, 3.05) is 0 Å². The number of halogens is 14. The van der Waals surface area contributed by atoms with Crippen molar-refractivity contribution in [2.45, 2.75) is 17.9 Å². The molecule has 0 aliphatic carbocycles. The van der Waals surface area contributed by atoms with Gasteiger partial charge < -0.3 is 0 Å². The van der Waals surface area contributed by atoms with E-state index in [2.05, 4.69) is 0 Å². The summed E-state index contributed by atoms with van der Waals surface area (Å²) in [7, 11) is -5.43. The molecule has 18 heteroatoms. The Kier molecular flexibility index (Phi) is 11.6. The number of rotatable bonds is 2. The quantitative estimate of drug-likeness (QED) is 0.173. The van der Waals surface area contributed by atoms with Gasteiger partial charge in [-0.05, 0) is 0 Å². The Labute approximate surface area is 110 Å². The second-order valence-corrected chi connectivity index (χ2v) is 4.56. The maximum atomic E-state index is 11.0. The van der Waals surface area contributed by atoms with Crippen LogP contribution in [0, 0.1) is 0 Å². The van der Waals surface area contributed by atoms with Crippen molar-refractivity contribution in [3.8, 4) is 0 Å². The van der Waals surface area contributed by atoms with Crippen LogP contribution >= 0.6 is 8.54 Å². The highest BCUT2D eigenvalue weighted by molar-refractivity contribution is 7.47. The minimum absolute atomic E-state index is 0.692. The molecule has 0 amide bonds. The van der Waals surface area contributed by atoms with Crippen LogP contribution in [0.4, 0.5) is 61.4 Å². The minimum Gasteiger partial charge on any atom is -0.178 e. The van der Waals surface area contributed by atoms with Crippen LogP contribution in [-0.2, 0) is 0 Å². The fourth-order valence-electron chi connectivity index (χ4n) is 0.0571. The zero-order valence-corrected chi connectivity index (χ0v) is 12.0. The Hall–Kier alpha value is -0.413. The lowest BCUT2D eigenvalue weighted by molar-refractivity contribution is -0.466. The summed E-state index contributed by atoms with van der Waals surface area (Å²) in [4.78, 5) is 0. The molecule has 0 unspecified atom stereocenters. The topological polar surface area (TPSA) is 6.48 Å². The van der Waals surface area contributed by atoms with E-state index < -0.39 is 47.4 Å². The summed E-state index contributed by atoms with van der Waals surface area (Å²) in [6.45, 7) is 0. The molecular formula is C3H3F14N2PSi. The van der Waals surface area contributed by atoms with Crippen LogP contribution in [0.15, 0.2) is 0 Å². The number of alkyl halides is 8. The minimum atomic E-state index is -5.50. The molecule has 132 valence electrons. The second kappa shape index (κ2) is 9.57. The summed E-state index contributed by atoms with van der Waals surface area (Å²) in [5, 5.41) is -5.79. The Balaban J connectivity index is -0.000000242. The summed E-state index contributed by atoms with van der Waals surface area (Å²) in [6, 6.07) is 0. The second-order valence-electron chi connectivity index (χ2n) is 2.46. The molecular weight excluding hydrogens is 389 g/mol. The first-order valence-electron chi connectivity index (χ1n) is 3.70. The molecule has 0 aromatic carbocycles. The average molecular weight is 392 g/mol. The van der Waals surface area contributed by atoms with Gasteiger partial charge >= 0.3 is 26.4 Å². The highest BCUT2D eigenvalue weighted by Gasteiger charge is 2.49. The van der Waals surface area contributed by atoms with Crippen LogP contribution in [0.25, 0.3) is 0 Å². The largest absolute Gasteiger partial charge is 0.476 e. The van der Waals surface area contributed by atoms with Gasteiger partial charge in [-0.15, -0.1) is 0 Å². The molecule has 0 spiro atoms. The van der Waals surface area contributed by atoms with Gasteiger partial charge in [-0.2, -0.15) is 43.5 Å². The predicted molar refractivity (Wildman–Crippen MR) is 44.2 cm³/mol. The van der Waals surface area contributed by atoms with Crippen LogP contribution in [-0.4, -0.2) is 38.8 Å². The molecule has 21 heavy (non-hydrogen) atoms. The van der Waals surface area contributed by atoms with Crippen LogP contribution in [0.3, 0.4) is 0 Å². The van der Waals surface area contributed by atoms with E-state index in [9.17, 15) is 61.4 Å². The van der Waals surface area contributed by atoms with Crippen LogP contribution in [0.2, 0.25) is 0 Å². The van der Waals surface area contributed by atoms with Gasteiger partial charge in [0.1, 0.15) is 20.9 Å². The first kappa shape index (κ1) is 25.5. The Morgan fingerprint density at radius 2 is 0.810 bits per heavy atom. The molecule has 0 rings (SSSR count). The summed E-state index contributed by atoms with van der Waals surface area (Å²) < 4.78 is 148. The third kappa shape index (κ3) is 19.6. The molecule has 0 aromatic rings. The standard InChI is InChI=1S/CF6N2.CF5P.CH3F3Si/c2-1(3,8(4)5)9(6)7;2-1(3,4)7(5)6;2-1(3,4)5/h;;5H3. The van der Waals surface area contributed by atoms with E-state index in [1.807, 2.05) is 0 Å². The van der Waals surface area contributed by atoms with Crippen molar-refractivity contribution in [2.24, 2.45) is 0 Å². The predicted octanol–water partition coefficient (Wildman–Crippen LogP) is 4.31. The molecule has 0 atom stereocenters. The van der Waals surface area contributed by atoms with Gasteiger partial charge in [-0.3, -0.25) is 0 Å². The van der Waals surface area contributed by atoms with E-state index in [-0.39, 0.29) is 0 Å². The van der Waals surface area contributed by atoms with E-state index in [4.69, 9.17) is 0 Å².